The number of likely N-dealkylation sites (tertiary alicyclic amines) is 1. The number of aliphatic hydroxyl groups excluding tert-OH is 1. The smallest absolute Gasteiger partial charge is 0.223 e. The minimum absolute atomic E-state index is 0.0471. The van der Waals surface area contributed by atoms with Crippen molar-refractivity contribution in [3.63, 3.8) is 0 Å². The van der Waals surface area contributed by atoms with Gasteiger partial charge in [0, 0.05) is 57.3 Å². The van der Waals surface area contributed by atoms with Gasteiger partial charge < -0.3 is 35.3 Å². The highest BCUT2D eigenvalue weighted by atomic mass is 16.5. The van der Waals surface area contributed by atoms with E-state index in [2.05, 4.69) is 57.8 Å². The van der Waals surface area contributed by atoms with Gasteiger partial charge in [0.05, 0.1) is 19.8 Å². The van der Waals surface area contributed by atoms with Crippen LogP contribution in [0.25, 0.3) is 0 Å². The van der Waals surface area contributed by atoms with Crippen LogP contribution in [-0.4, -0.2) is 80.7 Å². The van der Waals surface area contributed by atoms with Crippen molar-refractivity contribution in [1.29, 1.82) is 0 Å². The molecule has 1 fully saturated rings. The lowest BCUT2D eigenvalue weighted by Crippen LogP contribution is -2.49. The summed E-state index contributed by atoms with van der Waals surface area (Å²) in [7, 11) is 3.33. The van der Waals surface area contributed by atoms with Crippen LogP contribution < -0.4 is 20.5 Å². The molecule has 8 nitrogen and oxygen atoms in total. The summed E-state index contributed by atoms with van der Waals surface area (Å²) in [5, 5.41) is 14.5. The van der Waals surface area contributed by atoms with Gasteiger partial charge in [-0.3, -0.25) is 4.79 Å². The van der Waals surface area contributed by atoms with Gasteiger partial charge in [-0.15, -0.1) is 0 Å². The first-order chi connectivity index (χ1) is 19.5. The topological polar surface area (TPSA) is 106 Å². The molecule has 0 spiro atoms. The molecule has 1 aliphatic rings. The number of amides is 1. The van der Waals surface area contributed by atoms with Crippen LogP contribution >= 0.6 is 0 Å². The molecule has 236 valence electrons. The number of carbonyl (C=O) groups excluding carboxylic acids is 1. The highest BCUT2D eigenvalue weighted by Crippen LogP contribution is 2.32. The number of nitrogens with one attached hydrogen (secondary N) is 1. The first-order valence-electron chi connectivity index (χ1n) is 15.7. The van der Waals surface area contributed by atoms with Gasteiger partial charge in [0.2, 0.25) is 5.91 Å². The fourth-order valence-electron chi connectivity index (χ4n) is 5.73. The average molecular weight is 578 g/mol. The molecule has 2 rings (SSSR count). The number of aliphatic hydroxyl groups is 1. The van der Waals surface area contributed by atoms with E-state index in [1.165, 1.54) is 0 Å². The molecule has 41 heavy (non-hydrogen) atoms. The molecule has 1 saturated heterocycles. The highest BCUT2D eigenvalue weighted by molar-refractivity contribution is 5.79. The Bertz CT molecular complexity index is 886. The van der Waals surface area contributed by atoms with E-state index in [1.54, 1.807) is 14.2 Å². The van der Waals surface area contributed by atoms with Crippen LogP contribution in [0.5, 0.6) is 11.5 Å². The van der Waals surface area contributed by atoms with Gasteiger partial charge in [0.15, 0.2) is 11.5 Å². The standard InChI is InChI=1S/C33H59N3O5/c1-22(2)26(18-25-10-11-31(40-8)32(19-25)41-17-9-16-39-7)20-29(34)30(37)21-28(23(3)4)33(38)35-27-12-14-36(15-13-27)24(5)6/h10-11,19,22-24,26-30,37H,9,12-18,20-21,34H2,1-8H3,(H,35,38). The van der Waals surface area contributed by atoms with E-state index in [0.29, 0.717) is 43.8 Å². The number of carbonyl (C=O) groups is 1. The molecule has 1 aromatic rings. The summed E-state index contributed by atoms with van der Waals surface area (Å²) in [6.07, 6.45) is 3.87. The lowest BCUT2D eigenvalue weighted by Gasteiger charge is -2.36. The number of piperidine rings is 1. The quantitative estimate of drug-likeness (QED) is 0.218. The van der Waals surface area contributed by atoms with Crippen molar-refractivity contribution in [2.45, 2.75) is 104 Å². The van der Waals surface area contributed by atoms with E-state index >= 15 is 0 Å². The third kappa shape index (κ3) is 11.7. The lowest BCUT2D eigenvalue weighted by atomic mass is 9.80. The molecule has 4 atom stereocenters. The predicted octanol–water partition coefficient (Wildman–Crippen LogP) is 4.65. The van der Waals surface area contributed by atoms with Gasteiger partial charge in [0.25, 0.3) is 0 Å². The third-order valence-electron chi connectivity index (χ3n) is 8.73. The van der Waals surface area contributed by atoms with E-state index in [1.807, 2.05) is 12.1 Å². The van der Waals surface area contributed by atoms with E-state index in [4.69, 9.17) is 19.9 Å². The zero-order chi connectivity index (χ0) is 30.5. The van der Waals surface area contributed by atoms with Crippen molar-refractivity contribution in [3.05, 3.63) is 23.8 Å². The Morgan fingerprint density at radius 3 is 2.27 bits per heavy atom. The Labute approximate surface area is 249 Å². The fraction of sp³-hybridized carbons (Fsp3) is 0.788. The van der Waals surface area contributed by atoms with Gasteiger partial charge >= 0.3 is 0 Å². The van der Waals surface area contributed by atoms with E-state index in [0.717, 1.165) is 50.1 Å². The second kappa shape index (κ2) is 17.9. The maximum Gasteiger partial charge on any atom is 0.223 e. The molecule has 0 radical (unpaired) electrons. The van der Waals surface area contributed by atoms with Crippen LogP contribution in [0.15, 0.2) is 18.2 Å². The number of hydrogen-bond donors (Lipinski definition) is 3. The largest absolute Gasteiger partial charge is 0.493 e. The summed E-state index contributed by atoms with van der Waals surface area (Å²) < 4.78 is 16.6. The summed E-state index contributed by atoms with van der Waals surface area (Å²) in [4.78, 5) is 15.7. The molecular formula is C33H59N3O5. The van der Waals surface area contributed by atoms with Crippen molar-refractivity contribution < 1.29 is 24.1 Å². The summed E-state index contributed by atoms with van der Waals surface area (Å²) in [6.45, 7) is 16.2. The van der Waals surface area contributed by atoms with Crippen molar-refractivity contribution in [1.82, 2.24) is 10.2 Å². The number of methoxy groups -OCH3 is 2. The summed E-state index contributed by atoms with van der Waals surface area (Å²) in [5.41, 5.74) is 7.76. The summed E-state index contributed by atoms with van der Waals surface area (Å²) in [5.74, 6) is 1.99. The van der Waals surface area contributed by atoms with Crippen molar-refractivity contribution >= 4 is 5.91 Å². The van der Waals surface area contributed by atoms with Crippen LogP contribution in [0, 0.1) is 23.7 Å². The zero-order valence-corrected chi connectivity index (χ0v) is 27.0. The Morgan fingerprint density at radius 2 is 1.71 bits per heavy atom. The Hall–Kier alpha value is -1.87. The molecule has 1 aliphatic heterocycles. The Morgan fingerprint density at radius 1 is 1.02 bits per heavy atom. The second-order valence-electron chi connectivity index (χ2n) is 12.9. The first-order valence-corrected chi connectivity index (χ1v) is 15.7. The summed E-state index contributed by atoms with van der Waals surface area (Å²) >= 11 is 0. The number of ether oxygens (including phenoxy) is 3. The summed E-state index contributed by atoms with van der Waals surface area (Å²) in [6, 6.07) is 6.40. The van der Waals surface area contributed by atoms with E-state index < -0.39 is 12.1 Å². The maximum absolute atomic E-state index is 13.3. The molecule has 0 saturated carbocycles. The molecule has 0 aliphatic carbocycles. The van der Waals surface area contributed by atoms with Crippen molar-refractivity contribution in [2.75, 3.05) is 40.5 Å². The van der Waals surface area contributed by atoms with Gasteiger partial charge in [-0.05, 0) is 81.4 Å². The molecule has 4 N–H and O–H groups in total. The minimum atomic E-state index is -0.743. The van der Waals surface area contributed by atoms with Crippen LogP contribution in [0.3, 0.4) is 0 Å². The molecule has 1 aromatic carbocycles. The Kier molecular flexibility index (Phi) is 15.5. The van der Waals surface area contributed by atoms with E-state index in [-0.39, 0.29) is 29.7 Å². The van der Waals surface area contributed by atoms with Crippen LogP contribution in [0.4, 0.5) is 0 Å². The van der Waals surface area contributed by atoms with Crippen molar-refractivity contribution in [3.8, 4) is 11.5 Å². The van der Waals surface area contributed by atoms with Gasteiger partial charge in [0.1, 0.15) is 0 Å². The highest BCUT2D eigenvalue weighted by Gasteiger charge is 2.31. The van der Waals surface area contributed by atoms with Gasteiger partial charge in [-0.1, -0.05) is 33.8 Å². The van der Waals surface area contributed by atoms with Gasteiger partial charge in [-0.2, -0.15) is 0 Å². The van der Waals surface area contributed by atoms with Crippen LogP contribution in [-0.2, 0) is 16.0 Å². The van der Waals surface area contributed by atoms with E-state index in [9.17, 15) is 9.90 Å². The molecule has 0 aromatic heterocycles. The zero-order valence-electron chi connectivity index (χ0n) is 27.0. The Balaban J connectivity index is 1.98. The molecule has 1 heterocycles. The molecule has 1 amide bonds. The normalized spacial score (nSPS) is 18.0. The number of benzene rings is 1. The van der Waals surface area contributed by atoms with Gasteiger partial charge in [-0.25, -0.2) is 0 Å². The molecule has 8 heteroatoms. The van der Waals surface area contributed by atoms with Crippen molar-refractivity contribution in [2.24, 2.45) is 29.4 Å². The average Bonchev–Trinajstić information content (AvgIpc) is 2.93. The number of nitrogens with two attached hydrogens (primary N) is 1. The minimum Gasteiger partial charge on any atom is -0.493 e. The lowest BCUT2D eigenvalue weighted by molar-refractivity contribution is -0.128. The molecular weight excluding hydrogens is 518 g/mol. The maximum atomic E-state index is 13.3. The second-order valence-corrected chi connectivity index (χ2v) is 12.9. The van der Waals surface area contributed by atoms with Crippen LogP contribution in [0.2, 0.25) is 0 Å². The fourth-order valence-corrected chi connectivity index (χ4v) is 5.73. The van der Waals surface area contributed by atoms with Crippen LogP contribution in [0.1, 0.15) is 79.2 Å². The molecule has 0 bridgehead atoms. The number of nitrogens with zero attached hydrogens (tertiary/aromatic N) is 1. The predicted molar refractivity (Wildman–Crippen MR) is 166 cm³/mol. The third-order valence-corrected chi connectivity index (χ3v) is 8.73. The monoisotopic (exact) mass is 577 g/mol. The SMILES string of the molecule is COCCCOc1cc(CC(CC(N)C(O)CC(C(=O)NC2CCN(C(C)C)CC2)C(C)C)C(C)C)ccc1OC. The first kappa shape index (κ1) is 35.3. The number of hydrogen-bond acceptors (Lipinski definition) is 7. The number of rotatable bonds is 18. The molecule has 4 unspecified atom stereocenters.